The van der Waals surface area contributed by atoms with E-state index < -0.39 is 5.79 Å². The lowest BCUT2D eigenvalue weighted by Gasteiger charge is -2.37. The van der Waals surface area contributed by atoms with E-state index in [9.17, 15) is 4.79 Å². The monoisotopic (exact) mass is 356 g/mol. The summed E-state index contributed by atoms with van der Waals surface area (Å²) in [4.78, 5) is 11.2. The highest BCUT2D eigenvalue weighted by atomic mass is 16.7. The molecule has 0 amide bonds. The van der Waals surface area contributed by atoms with Crippen molar-refractivity contribution in [2.75, 3.05) is 19.8 Å². The summed E-state index contributed by atoms with van der Waals surface area (Å²) in [5.74, 6) is -0.610. The van der Waals surface area contributed by atoms with Gasteiger partial charge < -0.3 is 14.2 Å². The van der Waals surface area contributed by atoms with Gasteiger partial charge in [-0.15, -0.1) is 0 Å². The number of esters is 1. The van der Waals surface area contributed by atoms with Crippen molar-refractivity contribution in [2.24, 2.45) is 5.92 Å². The summed E-state index contributed by atoms with van der Waals surface area (Å²) in [6.45, 7) is 13.4. The Labute approximate surface area is 155 Å². The summed E-state index contributed by atoms with van der Waals surface area (Å²) in [6, 6.07) is 0. The normalized spacial score (nSPS) is 12.8. The highest BCUT2D eigenvalue weighted by Gasteiger charge is 2.34. The third-order valence-corrected chi connectivity index (χ3v) is 4.62. The molecule has 0 bridgehead atoms. The standard InChI is InChI=1S/C21H40O4/c1-6-10-11-12-13-14-16-19(17-15-18-23-20(22)7-2)21(5,24-8-3)25-9-4/h7,19H,2,6,8-18H2,1,3-5H3. The molecular formula is C21H40O4. The van der Waals surface area contributed by atoms with Gasteiger partial charge in [-0.05, 0) is 40.0 Å². The lowest BCUT2D eigenvalue weighted by molar-refractivity contribution is -0.254. The van der Waals surface area contributed by atoms with E-state index in [1.807, 2.05) is 13.8 Å². The second kappa shape index (κ2) is 15.4. The molecule has 0 aliphatic carbocycles. The van der Waals surface area contributed by atoms with E-state index in [1.54, 1.807) is 0 Å². The van der Waals surface area contributed by atoms with Crippen LogP contribution in [0.25, 0.3) is 0 Å². The molecule has 0 aliphatic heterocycles. The number of hydrogen-bond donors (Lipinski definition) is 0. The highest BCUT2D eigenvalue weighted by Crippen LogP contribution is 2.32. The molecule has 148 valence electrons. The van der Waals surface area contributed by atoms with E-state index in [2.05, 4.69) is 20.4 Å². The summed E-state index contributed by atoms with van der Waals surface area (Å²) < 4.78 is 17.1. The topological polar surface area (TPSA) is 44.8 Å². The number of rotatable bonds is 17. The van der Waals surface area contributed by atoms with E-state index in [1.165, 1.54) is 44.6 Å². The van der Waals surface area contributed by atoms with Crippen LogP contribution in [0.15, 0.2) is 12.7 Å². The van der Waals surface area contributed by atoms with Crippen LogP contribution in [0, 0.1) is 5.92 Å². The Morgan fingerprint density at radius 3 is 2.08 bits per heavy atom. The molecule has 25 heavy (non-hydrogen) atoms. The fraction of sp³-hybridized carbons (Fsp3) is 0.857. The summed E-state index contributed by atoms with van der Waals surface area (Å²) in [5.41, 5.74) is 0. The quantitative estimate of drug-likeness (QED) is 0.146. The van der Waals surface area contributed by atoms with E-state index in [0.29, 0.717) is 25.7 Å². The van der Waals surface area contributed by atoms with Gasteiger partial charge in [0.25, 0.3) is 0 Å². The zero-order valence-corrected chi connectivity index (χ0v) is 17.0. The van der Waals surface area contributed by atoms with Crippen LogP contribution in [0.1, 0.15) is 85.5 Å². The van der Waals surface area contributed by atoms with Gasteiger partial charge in [0.2, 0.25) is 0 Å². The van der Waals surface area contributed by atoms with Gasteiger partial charge in [-0.2, -0.15) is 0 Å². The van der Waals surface area contributed by atoms with Crippen molar-refractivity contribution in [1.82, 2.24) is 0 Å². The lowest BCUT2D eigenvalue weighted by Crippen LogP contribution is -2.41. The molecule has 0 spiro atoms. The SMILES string of the molecule is C=CC(=O)OCCCC(CCCCCCCC)C(C)(OCC)OCC. The number of carbonyl (C=O) groups excluding carboxylic acids is 1. The number of hydrogen-bond acceptors (Lipinski definition) is 4. The van der Waals surface area contributed by atoms with Crippen LogP contribution in [0.4, 0.5) is 0 Å². The molecule has 0 aromatic rings. The van der Waals surface area contributed by atoms with Gasteiger partial charge >= 0.3 is 5.97 Å². The van der Waals surface area contributed by atoms with Gasteiger partial charge in [-0.1, -0.05) is 52.0 Å². The second-order valence-corrected chi connectivity index (χ2v) is 6.65. The first-order chi connectivity index (χ1) is 12.0. The van der Waals surface area contributed by atoms with Crippen LogP contribution >= 0.6 is 0 Å². The van der Waals surface area contributed by atoms with Crippen molar-refractivity contribution in [3.05, 3.63) is 12.7 Å². The van der Waals surface area contributed by atoms with Crippen LogP contribution in [0.2, 0.25) is 0 Å². The minimum Gasteiger partial charge on any atom is -0.463 e. The van der Waals surface area contributed by atoms with Crippen LogP contribution in [0.5, 0.6) is 0 Å². The van der Waals surface area contributed by atoms with Gasteiger partial charge in [0.05, 0.1) is 6.61 Å². The first kappa shape index (κ1) is 24.1. The molecule has 4 heteroatoms. The first-order valence-electron chi connectivity index (χ1n) is 10.1. The van der Waals surface area contributed by atoms with Gasteiger partial charge in [0.1, 0.15) is 0 Å². The van der Waals surface area contributed by atoms with Crippen molar-refractivity contribution in [2.45, 2.75) is 91.3 Å². The number of unbranched alkanes of at least 4 members (excludes halogenated alkanes) is 5. The van der Waals surface area contributed by atoms with E-state index in [4.69, 9.17) is 14.2 Å². The van der Waals surface area contributed by atoms with E-state index in [-0.39, 0.29) is 5.97 Å². The molecule has 0 fully saturated rings. The van der Waals surface area contributed by atoms with E-state index >= 15 is 0 Å². The largest absolute Gasteiger partial charge is 0.463 e. The zero-order chi connectivity index (χ0) is 19.0. The first-order valence-corrected chi connectivity index (χ1v) is 10.1. The van der Waals surface area contributed by atoms with Gasteiger partial charge in [-0.3, -0.25) is 0 Å². The maximum atomic E-state index is 11.2. The summed E-state index contributed by atoms with van der Waals surface area (Å²) in [7, 11) is 0. The van der Waals surface area contributed by atoms with Crippen molar-refractivity contribution in [1.29, 1.82) is 0 Å². The van der Waals surface area contributed by atoms with E-state index in [0.717, 1.165) is 19.3 Å². The molecule has 1 unspecified atom stereocenters. The Balaban J connectivity index is 4.51. The van der Waals surface area contributed by atoms with Gasteiger partial charge in [-0.25, -0.2) is 4.79 Å². The maximum absolute atomic E-state index is 11.2. The smallest absolute Gasteiger partial charge is 0.330 e. The molecule has 0 radical (unpaired) electrons. The Kier molecular flexibility index (Phi) is 14.9. The number of ether oxygens (including phenoxy) is 3. The molecule has 0 saturated heterocycles. The van der Waals surface area contributed by atoms with Crippen molar-refractivity contribution in [3.8, 4) is 0 Å². The summed E-state index contributed by atoms with van der Waals surface area (Å²) in [5, 5.41) is 0. The van der Waals surface area contributed by atoms with Crippen LogP contribution in [-0.4, -0.2) is 31.6 Å². The number of carbonyl (C=O) groups is 1. The third kappa shape index (κ3) is 11.4. The minimum atomic E-state index is -0.560. The predicted molar refractivity (Wildman–Crippen MR) is 104 cm³/mol. The van der Waals surface area contributed by atoms with Crippen LogP contribution < -0.4 is 0 Å². The second-order valence-electron chi connectivity index (χ2n) is 6.65. The maximum Gasteiger partial charge on any atom is 0.330 e. The van der Waals surface area contributed by atoms with Crippen molar-refractivity contribution >= 4 is 5.97 Å². The predicted octanol–water partition coefficient (Wildman–Crippen LogP) is 5.65. The molecular weight excluding hydrogens is 316 g/mol. The summed E-state index contributed by atoms with van der Waals surface area (Å²) >= 11 is 0. The fourth-order valence-corrected chi connectivity index (χ4v) is 3.25. The Bertz CT molecular complexity index is 335. The molecule has 0 heterocycles. The average molecular weight is 357 g/mol. The van der Waals surface area contributed by atoms with Crippen LogP contribution in [-0.2, 0) is 19.0 Å². The van der Waals surface area contributed by atoms with Gasteiger partial charge in [0.15, 0.2) is 5.79 Å². The van der Waals surface area contributed by atoms with Gasteiger partial charge in [0, 0.05) is 25.2 Å². The molecule has 4 nitrogen and oxygen atoms in total. The third-order valence-electron chi connectivity index (χ3n) is 4.62. The Hall–Kier alpha value is -0.870. The van der Waals surface area contributed by atoms with Crippen LogP contribution in [0.3, 0.4) is 0 Å². The highest BCUT2D eigenvalue weighted by molar-refractivity contribution is 5.81. The molecule has 0 saturated carbocycles. The molecule has 0 aromatic heterocycles. The van der Waals surface area contributed by atoms with Crippen molar-refractivity contribution < 1.29 is 19.0 Å². The average Bonchev–Trinajstić information content (AvgIpc) is 2.59. The molecule has 1 atom stereocenters. The lowest BCUT2D eigenvalue weighted by atomic mass is 9.88. The molecule has 0 N–H and O–H groups in total. The fourth-order valence-electron chi connectivity index (χ4n) is 3.25. The molecule has 0 rings (SSSR count). The Morgan fingerprint density at radius 1 is 0.960 bits per heavy atom. The molecule has 0 aliphatic rings. The zero-order valence-electron chi connectivity index (χ0n) is 17.0. The summed E-state index contributed by atoms with van der Waals surface area (Å²) in [6.07, 6.45) is 11.7. The Morgan fingerprint density at radius 2 is 1.52 bits per heavy atom. The minimum absolute atomic E-state index is 0.306. The molecule has 0 aromatic carbocycles. The van der Waals surface area contributed by atoms with Crippen molar-refractivity contribution in [3.63, 3.8) is 0 Å².